The number of rotatable bonds is 8. The predicted octanol–water partition coefficient (Wildman–Crippen LogP) is 4.41. The van der Waals surface area contributed by atoms with Gasteiger partial charge in [-0.3, -0.25) is 9.59 Å². The number of nitrogens with two attached hydrogens (primary N) is 1. The summed E-state index contributed by atoms with van der Waals surface area (Å²) in [6, 6.07) is 25.3. The average Bonchev–Trinajstić information content (AvgIpc) is 3.64. The predicted molar refractivity (Wildman–Crippen MR) is 120 cm³/mol. The highest BCUT2D eigenvalue weighted by Crippen LogP contribution is 2.30. The maximum absolute atomic E-state index is 13.1. The Hall–Kier alpha value is -3.60. The van der Waals surface area contributed by atoms with E-state index in [2.05, 4.69) is 12.1 Å². The van der Waals surface area contributed by atoms with Gasteiger partial charge in [-0.25, -0.2) is 0 Å². The number of hydrogen-bond acceptors (Lipinski definition) is 3. The lowest BCUT2D eigenvalue weighted by molar-refractivity contribution is -0.139. The van der Waals surface area contributed by atoms with Gasteiger partial charge in [-0.05, 0) is 60.7 Å². The van der Waals surface area contributed by atoms with Gasteiger partial charge in [0.05, 0.1) is 0 Å². The van der Waals surface area contributed by atoms with Crippen molar-refractivity contribution in [3.63, 3.8) is 0 Å². The summed E-state index contributed by atoms with van der Waals surface area (Å²) in [5, 5.41) is 0. The SMILES string of the molecule is C[C@@H](Oc1ccc(-c2ccccc2)cc1)C(=O)N(Cc1ccc(C(N)=O)cc1)C1CC1. The van der Waals surface area contributed by atoms with Crippen molar-refractivity contribution < 1.29 is 14.3 Å². The van der Waals surface area contributed by atoms with Crippen LogP contribution in [0, 0.1) is 0 Å². The molecule has 31 heavy (non-hydrogen) atoms. The summed E-state index contributed by atoms with van der Waals surface area (Å²) >= 11 is 0. The van der Waals surface area contributed by atoms with Crippen LogP contribution in [0.2, 0.25) is 0 Å². The van der Waals surface area contributed by atoms with Crippen LogP contribution >= 0.6 is 0 Å². The normalized spacial score (nSPS) is 14.0. The second-order valence-electron chi connectivity index (χ2n) is 7.91. The highest BCUT2D eigenvalue weighted by Gasteiger charge is 2.35. The van der Waals surface area contributed by atoms with Crippen molar-refractivity contribution in [2.24, 2.45) is 5.73 Å². The molecule has 0 unspecified atom stereocenters. The van der Waals surface area contributed by atoms with Gasteiger partial charge in [-0.1, -0.05) is 54.6 Å². The standard InChI is InChI=1S/C26H26N2O3/c1-18(31-24-15-11-21(12-16-24)20-5-3-2-4-6-20)26(30)28(23-13-14-23)17-19-7-9-22(10-8-19)25(27)29/h2-12,15-16,18,23H,13-14,17H2,1H3,(H2,27,29)/t18-/m1/s1. The van der Waals surface area contributed by atoms with Crippen LogP contribution < -0.4 is 10.5 Å². The molecular weight excluding hydrogens is 388 g/mol. The van der Waals surface area contributed by atoms with E-state index in [9.17, 15) is 9.59 Å². The van der Waals surface area contributed by atoms with Gasteiger partial charge in [0.15, 0.2) is 6.10 Å². The molecule has 0 radical (unpaired) electrons. The van der Waals surface area contributed by atoms with Gasteiger partial charge in [0.2, 0.25) is 5.91 Å². The first-order valence-electron chi connectivity index (χ1n) is 10.5. The molecule has 0 heterocycles. The number of nitrogens with zero attached hydrogens (tertiary/aromatic N) is 1. The quantitative estimate of drug-likeness (QED) is 0.593. The van der Waals surface area contributed by atoms with E-state index in [-0.39, 0.29) is 11.9 Å². The van der Waals surface area contributed by atoms with E-state index in [4.69, 9.17) is 10.5 Å². The largest absolute Gasteiger partial charge is 0.481 e. The van der Waals surface area contributed by atoms with Crippen LogP contribution in [0.5, 0.6) is 5.75 Å². The van der Waals surface area contributed by atoms with E-state index in [0.29, 0.717) is 17.9 Å². The molecule has 2 N–H and O–H groups in total. The summed E-state index contributed by atoms with van der Waals surface area (Å²) in [6.45, 7) is 2.28. The van der Waals surface area contributed by atoms with Crippen molar-refractivity contribution in [1.29, 1.82) is 0 Å². The van der Waals surface area contributed by atoms with E-state index in [1.54, 1.807) is 19.1 Å². The molecule has 1 aliphatic carbocycles. The monoisotopic (exact) mass is 414 g/mol. The molecular formula is C26H26N2O3. The Morgan fingerprint density at radius 2 is 1.55 bits per heavy atom. The highest BCUT2D eigenvalue weighted by atomic mass is 16.5. The van der Waals surface area contributed by atoms with Gasteiger partial charge >= 0.3 is 0 Å². The summed E-state index contributed by atoms with van der Waals surface area (Å²) in [5.74, 6) is 0.178. The third kappa shape index (κ3) is 5.12. The lowest BCUT2D eigenvalue weighted by Gasteiger charge is -2.26. The van der Waals surface area contributed by atoms with E-state index < -0.39 is 12.0 Å². The summed E-state index contributed by atoms with van der Waals surface area (Å²) in [5.41, 5.74) is 8.97. The zero-order valence-corrected chi connectivity index (χ0v) is 17.5. The Balaban J connectivity index is 1.41. The number of carbonyl (C=O) groups excluding carboxylic acids is 2. The van der Waals surface area contributed by atoms with Crippen molar-refractivity contribution >= 4 is 11.8 Å². The van der Waals surface area contributed by atoms with Crippen LogP contribution in [0.25, 0.3) is 11.1 Å². The second kappa shape index (κ2) is 9.04. The van der Waals surface area contributed by atoms with Crippen LogP contribution in [-0.4, -0.2) is 28.9 Å². The molecule has 5 heteroatoms. The Labute approximate surface area is 182 Å². The van der Waals surface area contributed by atoms with E-state index in [1.807, 2.05) is 59.5 Å². The number of amides is 2. The van der Waals surface area contributed by atoms with E-state index in [1.165, 1.54) is 0 Å². The molecule has 0 aromatic heterocycles. The first kappa shape index (κ1) is 20.7. The fourth-order valence-electron chi connectivity index (χ4n) is 3.59. The zero-order valence-electron chi connectivity index (χ0n) is 17.5. The van der Waals surface area contributed by atoms with Gasteiger partial charge in [-0.15, -0.1) is 0 Å². The molecule has 3 aromatic rings. The third-order valence-corrected chi connectivity index (χ3v) is 5.48. The third-order valence-electron chi connectivity index (χ3n) is 5.48. The van der Waals surface area contributed by atoms with Crippen LogP contribution in [0.1, 0.15) is 35.7 Å². The summed E-state index contributed by atoms with van der Waals surface area (Å²) < 4.78 is 5.96. The number of hydrogen-bond donors (Lipinski definition) is 1. The van der Waals surface area contributed by atoms with E-state index >= 15 is 0 Å². The molecule has 0 bridgehead atoms. The molecule has 1 atom stereocenters. The number of ether oxygens (including phenoxy) is 1. The van der Waals surface area contributed by atoms with Crippen molar-refractivity contribution in [1.82, 2.24) is 4.90 Å². The first-order valence-corrected chi connectivity index (χ1v) is 10.5. The fraction of sp³-hybridized carbons (Fsp3) is 0.231. The van der Waals surface area contributed by atoms with Crippen molar-refractivity contribution in [2.45, 2.75) is 38.5 Å². The maximum atomic E-state index is 13.1. The maximum Gasteiger partial charge on any atom is 0.263 e. The molecule has 0 saturated heterocycles. The van der Waals surface area contributed by atoms with Crippen LogP contribution in [0.4, 0.5) is 0 Å². The minimum atomic E-state index is -0.590. The minimum Gasteiger partial charge on any atom is -0.481 e. The number of primary amides is 1. The van der Waals surface area contributed by atoms with Crippen LogP contribution in [0.15, 0.2) is 78.9 Å². The smallest absolute Gasteiger partial charge is 0.263 e. The molecule has 3 aromatic carbocycles. The molecule has 0 aliphatic heterocycles. The van der Waals surface area contributed by atoms with Crippen molar-refractivity contribution in [3.05, 3.63) is 90.0 Å². The Morgan fingerprint density at radius 1 is 0.935 bits per heavy atom. The van der Waals surface area contributed by atoms with Gasteiger partial charge in [-0.2, -0.15) is 0 Å². The lowest BCUT2D eigenvalue weighted by atomic mass is 10.1. The average molecular weight is 415 g/mol. The molecule has 2 amide bonds. The Kier molecular flexibility index (Phi) is 6.03. The lowest BCUT2D eigenvalue weighted by Crippen LogP contribution is -2.41. The van der Waals surface area contributed by atoms with Crippen LogP contribution in [0.3, 0.4) is 0 Å². The summed E-state index contributed by atoms with van der Waals surface area (Å²) in [4.78, 5) is 26.3. The van der Waals surface area contributed by atoms with Crippen molar-refractivity contribution in [3.8, 4) is 16.9 Å². The van der Waals surface area contributed by atoms with Gasteiger partial charge in [0, 0.05) is 18.2 Å². The van der Waals surface area contributed by atoms with E-state index in [0.717, 1.165) is 29.5 Å². The molecule has 158 valence electrons. The van der Waals surface area contributed by atoms with Gasteiger partial charge in [0.25, 0.3) is 5.91 Å². The number of carbonyl (C=O) groups is 2. The zero-order chi connectivity index (χ0) is 21.8. The number of benzene rings is 3. The summed E-state index contributed by atoms with van der Waals surface area (Å²) in [6.07, 6.45) is 1.42. The van der Waals surface area contributed by atoms with Crippen LogP contribution in [-0.2, 0) is 11.3 Å². The Bertz CT molecular complexity index is 1040. The van der Waals surface area contributed by atoms with Gasteiger partial charge in [0.1, 0.15) is 5.75 Å². The Morgan fingerprint density at radius 3 is 2.13 bits per heavy atom. The fourth-order valence-corrected chi connectivity index (χ4v) is 3.59. The molecule has 4 rings (SSSR count). The molecule has 1 fully saturated rings. The molecule has 1 aliphatic rings. The topological polar surface area (TPSA) is 72.6 Å². The summed E-state index contributed by atoms with van der Waals surface area (Å²) in [7, 11) is 0. The molecule has 5 nitrogen and oxygen atoms in total. The highest BCUT2D eigenvalue weighted by molar-refractivity contribution is 5.92. The van der Waals surface area contributed by atoms with Gasteiger partial charge < -0.3 is 15.4 Å². The molecule has 1 saturated carbocycles. The second-order valence-corrected chi connectivity index (χ2v) is 7.91. The first-order chi connectivity index (χ1) is 15.0. The molecule has 0 spiro atoms. The minimum absolute atomic E-state index is 0.0337. The van der Waals surface area contributed by atoms with Crippen molar-refractivity contribution in [2.75, 3.05) is 0 Å².